The first kappa shape index (κ1) is 19.5. The van der Waals surface area contributed by atoms with Crippen LogP contribution in [0.2, 0.25) is 0 Å². The Kier molecular flexibility index (Phi) is 5.29. The fourth-order valence-electron chi connectivity index (χ4n) is 3.12. The minimum atomic E-state index is -3.90. The van der Waals surface area contributed by atoms with E-state index < -0.39 is 10.0 Å². The number of benzene rings is 3. The van der Waals surface area contributed by atoms with Crippen molar-refractivity contribution in [3.63, 3.8) is 0 Å². The van der Waals surface area contributed by atoms with Crippen LogP contribution < -0.4 is 5.32 Å². The van der Waals surface area contributed by atoms with Crippen molar-refractivity contribution in [3.05, 3.63) is 66.7 Å². The van der Waals surface area contributed by atoms with E-state index in [4.69, 9.17) is 0 Å². The number of nitrogens with one attached hydrogen (secondary N) is 1. The highest BCUT2D eigenvalue weighted by Crippen LogP contribution is 2.30. The van der Waals surface area contributed by atoms with E-state index in [2.05, 4.69) is 10.3 Å². The summed E-state index contributed by atoms with van der Waals surface area (Å²) in [6.07, 6.45) is 0. The molecule has 0 unspecified atom stereocenters. The van der Waals surface area contributed by atoms with Crippen molar-refractivity contribution >= 4 is 49.5 Å². The lowest BCUT2D eigenvalue weighted by Crippen LogP contribution is -2.24. The molecule has 0 spiro atoms. The van der Waals surface area contributed by atoms with E-state index in [1.807, 2.05) is 31.2 Å². The normalized spacial score (nSPS) is 11.8. The number of fused-ring (bicyclic) bond motifs is 2. The second kappa shape index (κ2) is 7.88. The zero-order valence-electron chi connectivity index (χ0n) is 15.7. The number of rotatable bonds is 6. The lowest BCUT2D eigenvalue weighted by Gasteiger charge is -2.11. The first-order chi connectivity index (χ1) is 14.0. The molecule has 1 amide bonds. The second-order valence-electron chi connectivity index (χ2n) is 6.40. The molecule has 1 N–H and O–H groups in total. The van der Waals surface area contributed by atoms with Gasteiger partial charge in [0.25, 0.3) is 10.0 Å². The molecule has 4 aromatic rings. The average molecular weight is 426 g/mol. The molecule has 0 radical (unpaired) electrons. The molecule has 4 rings (SSSR count). The number of amides is 1. The number of thioether (sulfide) groups is 1. The van der Waals surface area contributed by atoms with Gasteiger partial charge in [-0.25, -0.2) is 17.4 Å². The van der Waals surface area contributed by atoms with Crippen LogP contribution in [-0.2, 0) is 14.8 Å². The molecule has 8 heteroatoms. The van der Waals surface area contributed by atoms with Crippen molar-refractivity contribution < 1.29 is 13.2 Å². The topological polar surface area (TPSA) is 81.1 Å². The summed E-state index contributed by atoms with van der Waals surface area (Å²) in [6, 6.07) is 19.7. The van der Waals surface area contributed by atoms with Crippen LogP contribution in [0, 0.1) is 0 Å². The number of nitrogens with zero attached hydrogens (tertiary/aromatic N) is 2. The van der Waals surface area contributed by atoms with E-state index in [-0.39, 0.29) is 21.7 Å². The summed E-state index contributed by atoms with van der Waals surface area (Å²) in [7, 11) is -3.90. The molecular weight excluding hydrogens is 406 g/mol. The maximum atomic E-state index is 13.6. The quantitative estimate of drug-likeness (QED) is 0.477. The zero-order chi connectivity index (χ0) is 20.4. The highest BCUT2D eigenvalue weighted by atomic mass is 32.2. The maximum absolute atomic E-state index is 13.6. The van der Waals surface area contributed by atoms with Crippen LogP contribution in [0.3, 0.4) is 0 Å². The molecule has 29 heavy (non-hydrogen) atoms. The molecule has 0 aliphatic rings. The number of hydrogen-bond acceptors (Lipinski definition) is 5. The van der Waals surface area contributed by atoms with Crippen LogP contribution in [0.25, 0.3) is 21.8 Å². The van der Waals surface area contributed by atoms with E-state index in [1.165, 1.54) is 3.97 Å². The Bertz CT molecular complexity index is 1310. The van der Waals surface area contributed by atoms with Gasteiger partial charge in [0.2, 0.25) is 5.91 Å². The van der Waals surface area contributed by atoms with Gasteiger partial charge in [-0.2, -0.15) is 0 Å². The Morgan fingerprint density at radius 2 is 1.76 bits per heavy atom. The van der Waals surface area contributed by atoms with Crippen LogP contribution in [0.4, 0.5) is 0 Å². The van der Waals surface area contributed by atoms with E-state index in [1.54, 1.807) is 42.5 Å². The highest BCUT2D eigenvalue weighted by Gasteiger charge is 2.25. The molecule has 0 bridgehead atoms. The van der Waals surface area contributed by atoms with Gasteiger partial charge in [-0.05, 0) is 42.0 Å². The van der Waals surface area contributed by atoms with Gasteiger partial charge in [-0.3, -0.25) is 4.79 Å². The van der Waals surface area contributed by atoms with Gasteiger partial charge >= 0.3 is 0 Å². The van der Waals surface area contributed by atoms with Gasteiger partial charge < -0.3 is 5.32 Å². The van der Waals surface area contributed by atoms with Crippen LogP contribution in [0.5, 0.6) is 0 Å². The van der Waals surface area contributed by atoms with E-state index in [0.717, 1.165) is 22.5 Å². The van der Waals surface area contributed by atoms with E-state index in [9.17, 15) is 13.2 Å². The Balaban J connectivity index is 1.83. The summed E-state index contributed by atoms with van der Waals surface area (Å²) >= 11 is 1.11. The highest BCUT2D eigenvalue weighted by molar-refractivity contribution is 8.00. The van der Waals surface area contributed by atoms with Gasteiger partial charge in [0.1, 0.15) is 0 Å². The number of aromatic nitrogens is 2. The third kappa shape index (κ3) is 3.73. The molecule has 0 aliphatic heterocycles. The molecule has 0 aliphatic carbocycles. The first-order valence-electron chi connectivity index (χ1n) is 9.12. The Hall–Kier alpha value is -2.84. The monoisotopic (exact) mass is 425 g/mol. The number of hydrogen-bond donors (Lipinski definition) is 1. The van der Waals surface area contributed by atoms with Gasteiger partial charge in [-0.15, -0.1) is 0 Å². The average Bonchev–Trinajstić information content (AvgIpc) is 3.11. The van der Waals surface area contributed by atoms with Crippen molar-refractivity contribution in [2.75, 3.05) is 12.3 Å². The molecule has 3 aromatic carbocycles. The van der Waals surface area contributed by atoms with Crippen molar-refractivity contribution in [2.45, 2.75) is 17.0 Å². The molecule has 1 aromatic heterocycles. The van der Waals surface area contributed by atoms with Crippen molar-refractivity contribution in [1.82, 2.24) is 14.3 Å². The standard InChI is InChI=1S/C21H19N3O3S2/c1-2-22-20(25)14-28-21-23-18-9-5-6-10-19(18)24(21)29(26,27)17-12-11-15-7-3-4-8-16(15)13-17/h3-13H,2,14H2,1H3,(H,22,25). The molecule has 1 heterocycles. The lowest BCUT2D eigenvalue weighted by atomic mass is 10.1. The van der Waals surface area contributed by atoms with Gasteiger partial charge in [-0.1, -0.05) is 54.2 Å². The Morgan fingerprint density at radius 3 is 2.55 bits per heavy atom. The summed E-state index contributed by atoms with van der Waals surface area (Å²) in [5, 5.41) is 4.79. The van der Waals surface area contributed by atoms with E-state index >= 15 is 0 Å². The van der Waals surface area contributed by atoms with Crippen LogP contribution >= 0.6 is 11.8 Å². The minimum Gasteiger partial charge on any atom is -0.356 e. The molecule has 0 saturated heterocycles. The van der Waals surface area contributed by atoms with Crippen LogP contribution in [-0.4, -0.2) is 35.6 Å². The molecule has 0 fully saturated rings. The van der Waals surface area contributed by atoms with Crippen molar-refractivity contribution in [3.8, 4) is 0 Å². The number of carbonyl (C=O) groups is 1. The minimum absolute atomic E-state index is 0.0877. The first-order valence-corrected chi connectivity index (χ1v) is 11.5. The van der Waals surface area contributed by atoms with Gasteiger partial charge in [0.05, 0.1) is 21.7 Å². The molecule has 148 valence electrons. The maximum Gasteiger partial charge on any atom is 0.270 e. The lowest BCUT2D eigenvalue weighted by molar-refractivity contribution is -0.118. The third-order valence-electron chi connectivity index (χ3n) is 4.46. The predicted molar refractivity (Wildman–Crippen MR) is 116 cm³/mol. The van der Waals surface area contributed by atoms with Gasteiger partial charge in [0.15, 0.2) is 5.16 Å². The Morgan fingerprint density at radius 1 is 1.03 bits per heavy atom. The third-order valence-corrected chi connectivity index (χ3v) is 7.21. The van der Waals surface area contributed by atoms with Crippen LogP contribution in [0.1, 0.15) is 6.92 Å². The number of imidazole rings is 1. The predicted octanol–water partition coefficient (Wildman–Crippen LogP) is 3.65. The fourth-order valence-corrected chi connectivity index (χ4v) is 5.70. The summed E-state index contributed by atoms with van der Waals surface area (Å²) in [5.74, 6) is -0.0797. The molecular formula is C21H19N3O3S2. The summed E-state index contributed by atoms with van der Waals surface area (Å²) in [4.78, 5) is 16.5. The second-order valence-corrected chi connectivity index (χ2v) is 9.13. The van der Waals surface area contributed by atoms with Gasteiger partial charge in [0, 0.05) is 6.54 Å². The summed E-state index contributed by atoms with van der Waals surface area (Å²) in [6.45, 7) is 2.35. The van der Waals surface area contributed by atoms with E-state index in [0.29, 0.717) is 17.6 Å². The van der Waals surface area contributed by atoms with Crippen molar-refractivity contribution in [1.29, 1.82) is 0 Å². The Labute approximate surface area is 173 Å². The molecule has 6 nitrogen and oxygen atoms in total. The summed E-state index contributed by atoms with van der Waals surface area (Å²) in [5.41, 5.74) is 1.05. The fraction of sp³-hybridized carbons (Fsp3) is 0.143. The molecule has 0 saturated carbocycles. The smallest absolute Gasteiger partial charge is 0.270 e. The number of para-hydroxylation sites is 2. The van der Waals surface area contributed by atoms with Crippen LogP contribution in [0.15, 0.2) is 76.8 Å². The van der Waals surface area contributed by atoms with Crippen molar-refractivity contribution in [2.24, 2.45) is 0 Å². The zero-order valence-corrected chi connectivity index (χ0v) is 17.3. The molecule has 0 atom stereocenters. The number of carbonyl (C=O) groups excluding carboxylic acids is 1. The summed E-state index contributed by atoms with van der Waals surface area (Å²) < 4.78 is 28.3. The largest absolute Gasteiger partial charge is 0.356 e. The SMILES string of the molecule is CCNC(=O)CSc1nc2ccccc2n1S(=O)(=O)c1ccc2ccccc2c1.